The first kappa shape index (κ1) is 15.8. The molecule has 0 radical (unpaired) electrons. The van der Waals surface area contributed by atoms with Crippen LogP contribution in [0.1, 0.15) is 50.6 Å². The van der Waals surface area contributed by atoms with Crippen LogP contribution in [-0.4, -0.2) is 23.4 Å². The Hall–Kier alpha value is -2.10. The fourth-order valence-corrected chi connectivity index (χ4v) is 3.37. The summed E-state index contributed by atoms with van der Waals surface area (Å²) < 4.78 is 5.70. The van der Waals surface area contributed by atoms with Crippen LogP contribution in [0.2, 0.25) is 0 Å². The van der Waals surface area contributed by atoms with Crippen molar-refractivity contribution >= 4 is 16.9 Å². The minimum atomic E-state index is -0.167. The molecule has 1 fully saturated rings. The van der Waals surface area contributed by atoms with Crippen molar-refractivity contribution in [3.63, 3.8) is 0 Å². The van der Waals surface area contributed by atoms with Crippen molar-refractivity contribution < 1.29 is 9.21 Å². The monoisotopic (exact) mass is 313 g/mol. The van der Waals surface area contributed by atoms with Gasteiger partial charge in [0, 0.05) is 18.7 Å². The lowest BCUT2D eigenvalue weighted by Gasteiger charge is -2.30. The van der Waals surface area contributed by atoms with Gasteiger partial charge in [-0.05, 0) is 36.8 Å². The van der Waals surface area contributed by atoms with E-state index in [1.54, 1.807) is 24.3 Å². The number of amides is 1. The quantitative estimate of drug-likeness (QED) is 0.846. The summed E-state index contributed by atoms with van der Waals surface area (Å²) in [5.74, 6) is -0.0193. The molecule has 0 spiro atoms. The molecule has 0 saturated carbocycles. The molecule has 0 unspecified atom stereocenters. The highest BCUT2D eigenvalue weighted by atomic mass is 16.3. The molecule has 3 rings (SSSR count). The van der Waals surface area contributed by atoms with E-state index in [9.17, 15) is 9.59 Å². The number of likely N-dealkylation sites (tertiary alicyclic amines) is 1. The molecule has 23 heavy (non-hydrogen) atoms. The van der Waals surface area contributed by atoms with Crippen LogP contribution in [0.5, 0.6) is 0 Å². The molecule has 1 aromatic carbocycles. The number of carbonyl (C=O) groups excluding carboxylic acids is 1. The highest BCUT2D eigenvalue weighted by molar-refractivity contribution is 5.93. The van der Waals surface area contributed by atoms with Crippen molar-refractivity contribution in [3.8, 4) is 0 Å². The van der Waals surface area contributed by atoms with E-state index >= 15 is 0 Å². The van der Waals surface area contributed by atoms with E-state index < -0.39 is 0 Å². The fraction of sp³-hybridized carbons (Fsp3) is 0.474. The number of rotatable bonds is 2. The summed E-state index contributed by atoms with van der Waals surface area (Å²) in [5.41, 5.74) is 0.467. The molecule has 0 bridgehead atoms. The smallest absolute Gasteiger partial charge is 0.289 e. The van der Waals surface area contributed by atoms with E-state index in [-0.39, 0.29) is 28.6 Å². The maximum atomic E-state index is 12.8. The molecule has 1 atom stereocenters. The minimum absolute atomic E-state index is 0.148. The molecular weight excluding hydrogens is 290 g/mol. The van der Waals surface area contributed by atoms with Gasteiger partial charge in [-0.1, -0.05) is 32.9 Å². The Morgan fingerprint density at radius 1 is 1.30 bits per heavy atom. The summed E-state index contributed by atoms with van der Waals surface area (Å²) in [7, 11) is 0. The van der Waals surface area contributed by atoms with Crippen LogP contribution in [0.15, 0.2) is 39.5 Å². The van der Waals surface area contributed by atoms with Gasteiger partial charge in [0.2, 0.25) is 0 Å². The van der Waals surface area contributed by atoms with Crippen LogP contribution >= 0.6 is 0 Å². The average Bonchev–Trinajstić information content (AvgIpc) is 2.92. The summed E-state index contributed by atoms with van der Waals surface area (Å²) in [4.78, 5) is 26.9. The number of para-hydroxylation sites is 1. The van der Waals surface area contributed by atoms with E-state index in [1.165, 1.54) is 6.07 Å². The van der Waals surface area contributed by atoms with Gasteiger partial charge >= 0.3 is 0 Å². The van der Waals surface area contributed by atoms with Gasteiger partial charge in [0.15, 0.2) is 11.2 Å². The Morgan fingerprint density at radius 2 is 2.04 bits per heavy atom. The molecule has 4 nitrogen and oxygen atoms in total. The van der Waals surface area contributed by atoms with Gasteiger partial charge < -0.3 is 9.32 Å². The van der Waals surface area contributed by atoms with Crippen LogP contribution in [0.4, 0.5) is 0 Å². The van der Waals surface area contributed by atoms with Gasteiger partial charge in [-0.2, -0.15) is 0 Å². The zero-order valence-electron chi connectivity index (χ0n) is 14.0. The molecule has 1 aliphatic heterocycles. The molecule has 1 amide bonds. The second-order valence-corrected chi connectivity index (χ2v) is 7.53. The van der Waals surface area contributed by atoms with Crippen LogP contribution in [0.3, 0.4) is 0 Å². The Kier molecular flexibility index (Phi) is 4.00. The molecule has 0 aliphatic carbocycles. The highest BCUT2D eigenvalue weighted by Gasteiger charge is 2.33. The first-order valence-corrected chi connectivity index (χ1v) is 8.19. The lowest BCUT2D eigenvalue weighted by molar-refractivity contribution is 0.0672. The van der Waals surface area contributed by atoms with E-state index in [0.717, 1.165) is 25.8 Å². The van der Waals surface area contributed by atoms with Crippen molar-refractivity contribution in [1.82, 2.24) is 4.90 Å². The van der Waals surface area contributed by atoms with Crippen LogP contribution in [0.25, 0.3) is 11.0 Å². The van der Waals surface area contributed by atoms with E-state index in [0.29, 0.717) is 11.0 Å². The molecule has 2 aromatic rings. The fourth-order valence-electron chi connectivity index (χ4n) is 3.37. The predicted octanol–water partition coefficient (Wildman–Crippen LogP) is 3.83. The largest absolute Gasteiger partial charge is 0.451 e. The summed E-state index contributed by atoms with van der Waals surface area (Å²) in [5, 5.41) is 0.511. The molecule has 1 saturated heterocycles. The third-order valence-electron chi connectivity index (χ3n) is 4.33. The summed E-state index contributed by atoms with van der Waals surface area (Å²) in [6.45, 7) is 7.29. The number of fused-ring (bicyclic) bond motifs is 1. The second kappa shape index (κ2) is 5.84. The lowest BCUT2D eigenvalue weighted by Crippen LogP contribution is -2.38. The van der Waals surface area contributed by atoms with E-state index in [1.807, 2.05) is 4.90 Å². The minimum Gasteiger partial charge on any atom is -0.451 e. The van der Waals surface area contributed by atoms with E-state index in [4.69, 9.17) is 4.42 Å². The first-order valence-electron chi connectivity index (χ1n) is 8.19. The van der Waals surface area contributed by atoms with Gasteiger partial charge in [0.25, 0.3) is 5.91 Å². The number of benzene rings is 1. The lowest BCUT2D eigenvalue weighted by atomic mass is 9.87. The molecule has 0 N–H and O–H groups in total. The molecule has 1 aromatic heterocycles. The summed E-state index contributed by atoms with van der Waals surface area (Å²) in [6.07, 6.45) is 2.97. The highest BCUT2D eigenvalue weighted by Crippen LogP contribution is 2.31. The Balaban J connectivity index is 1.92. The molecular formula is C19H23NO3. The maximum Gasteiger partial charge on any atom is 0.289 e. The zero-order chi connectivity index (χ0) is 16.6. The van der Waals surface area contributed by atoms with Gasteiger partial charge in [-0.25, -0.2) is 0 Å². The molecule has 2 heterocycles. The third kappa shape index (κ3) is 3.31. The standard InChI is InChI=1S/C19H23NO3/c1-19(2,3)12-13-7-6-10-20(13)18(22)17-11-15(21)14-8-4-5-9-16(14)23-17/h4-5,8-9,11,13H,6-7,10,12H2,1-3H3/t13-/m1/s1. The Morgan fingerprint density at radius 3 is 2.78 bits per heavy atom. The summed E-state index contributed by atoms with van der Waals surface area (Å²) >= 11 is 0. The van der Waals surface area contributed by atoms with Crippen molar-refractivity contribution in [2.75, 3.05) is 6.54 Å². The van der Waals surface area contributed by atoms with Crippen molar-refractivity contribution in [2.45, 2.75) is 46.1 Å². The Bertz CT molecular complexity index is 785. The molecule has 4 heteroatoms. The average molecular weight is 313 g/mol. The van der Waals surface area contributed by atoms with Crippen molar-refractivity contribution in [1.29, 1.82) is 0 Å². The van der Waals surface area contributed by atoms with Crippen LogP contribution in [-0.2, 0) is 0 Å². The molecule has 122 valence electrons. The van der Waals surface area contributed by atoms with Crippen LogP contribution in [0, 0.1) is 5.41 Å². The van der Waals surface area contributed by atoms with Gasteiger partial charge in [0.1, 0.15) is 5.58 Å². The zero-order valence-corrected chi connectivity index (χ0v) is 14.0. The SMILES string of the molecule is CC(C)(C)C[C@H]1CCCN1C(=O)c1cc(=O)c2ccccc2o1. The van der Waals surface area contributed by atoms with Gasteiger partial charge in [-0.3, -0.25) is 9.59 Å². The number of nitrogens with zero attached hydrogens (tertiary/aromatic N) is 1. The van der Waals surface area contributed by atoms with Gasteiger partial charge in [-0.15, -0.1) is 0 Å². The molecule has 1 aliphatic rings. The van der Waals surface area contributed by atoms with Gasteiger partial charge in [0.05, 0.1) is 5.39 Å². The first-order chi connectivity index (χ1) is 10.8. The van der Waals surface area contributed by atoms with Crippen molar-refractivity contribution in [2.24, 2.45) is 5.41 Å². The maximum absolute atomic E-state index is 12.8. The number of hydrogen-bond acceptors (Lipinski definition) is 3. The normalized spacial score (nSPS) is 18.6. The third-order valence-corrected chi connectivity index (χ3v) is 4.33. The second-order valence-electron chi connectivity index (χ2n) is 7.53. The predicted molar refractivity (Wildman–Crippen MR) is 90.6 cm³/mol. The topological polar surface area (TPSA) is 50.5 Å². The van der Waals surface area contributed by atoms with Crippen molar-refractivity contribution in [3.05, 3.63) is 46.3 Å². The number of carbonyl (C=O) groups is 1. The summed E-state index contributed by atoms with van der Waals surface area (Å²) in [6, 6.07) is 8.59. The van der Waals surface area contributed by atoms with E-state index in [2.05, 4.69) is 20.8 Å². The number of hydrogen-bond donors (Lipinski definition) is 0. The van der Waals surface area contributed by atoms with Crippen LogP contribution < -0.4 is 5.43 Å². The Labute approximate surface area is 136 Å².